The molecule has 1 N–H and O–H groups in total. The highest BCUT2D eigenvalue weighted by Gasteiger charge is 2.35. The van der Waals surface area contributed by atoms with Crippen molar-refractivity contribution in [2.24, 2.45) is 0 Å². The molecule has 0 fully saturated rings. The second-order valence-electron chi connectivity index (χ2n) is 7.50. The van der Waals surface area contributed by atoms with Crippen LogP contribution in [0.4, 0.5) is 23.5 Å². The molecular formula is C22H14Cl2F4N4. The predicted molar refractivity (Wildman–Crippen MR) is 115 cm³/mol. The van der Waals surface area contributed by atoms with Crippen LogP contribution in [0.3, 0.4) is 0 Å². The van der Waals surface area contributed by atoms with Gasteiger partial charge in [-0.1, -0.05) is 35.3 Å². The number of H-pyrrole nitrogens is 1. The number of benzene rings is 2. The lowest BCUT2D eigenvalue weighted by Crippen LogP contribution is -2.37. The van der Waals surface area contributed by atoms with Crippen molar-refractivity contribution in [3.05, 3.63) is 87.0 Å². The van der Waals surface area contributed by atoms with Crippen molar-refractivity contribution in [3.63, 3.8) is 0 Å². The van der Waals surface area contributed by atoms with Crippen LogP contribution in [0.15, 0.2) is 48.8 Å². The van der Waals surface area contributed by atoms with E-state index in [1.807, 2.05) is 4.90 Å². The van der Waals surface area contributed by atoms with Crippen LogP contribution in [0.1, 0.15) is 28.4 Å². The van der Waals surface area contributed by atoms with E-state index in [0.717, 1.165) is 28.8 Å². The molecule has 2 aromatic carbocycles. The first-order valence-electron chi connectivity index (χ1n) is 9.63. The normalized spacial score (nSPS) is 16.4. The summed E-state index contributed by atoms with van der Waals surface area (Å²) in [5, 5.41) is 1.15. The number of aromatic amines is 1. The van der Waals surface area contributed by atoms with Crippen molar-refractivity contribution in [2.75, 3.05) is 11.4 Å². The van der Waals surface area contributed by atoms with E-state index < -0.39 is 23.6 Å². The number of nitrogens with zero attached hydrogens (tertiary/aromatic N) is 3. The van der Waals surface area contributed by atoms with Crippen LogP contribution in [0.25, 0.3) is 10.9 Å². The van der Waals surface area contributed by atoms with Gasteiger partial charge in [0.25, 0.3) is 0 Å². The van der Waals surface area contributed by atoms with E-state index >= 15 is 0 Å². The topological polar surface area (TPSA) is 44.8 Å². The summed E-state index contributed by atoms with van der Waals surface area (Å²) in [7, 11) is 0. The second-order valence-corrected chi connectivity index (χ2v) is 8.34. The molecule has 2 aromatic heterocycles. The molecule has 0 aliphatic carbocycles. The molecular weight excluding hydrogens is 467 g/mol. The van der Waals surface area contributed by atoms with Gasteiger partial charge < -0.3 is 9.88 Å². The first kappa shape index (κ1) is 21.0. The summed E-state index contributed by atoms with van der Waals surface area (Å²) in [5.74, 6) is -0.172. The van der Waals surface area contributed by atoms with E-state index in [9.17, 15) is 17.6 Å². The molecule has 32 heavy (non-hydrogen) atoms. The quantitative estimate of drug-likeness (QED) is 0.329. The third-order valence-corrected chi connectivity index (χ3v) is 6.07. The number of fused-ring (bicyclic) bond motifs is 3. The number of alkyl halides is 3. The van der Waals surface area contributed by atoms with Crippen LogP contribution in [0.5, 0.6) is 0 Å². The Hall–Kier alpha value is -2.84. The minimum absolute atomic E-state index is 0.00819. The molecule has 5 rings (SSSR count). The molecule has 10 heteroatoms. The van der Waals surface area contributed by atoms with Crippen LogP contribution >= 0.6 is 23.2 Å². The summed E-state index contributed by atoms with van der Waals surface area (Å²) in [4.78, 5) is 13.7. The van der Waals surface area contributed by atoms with Gasteiger partial charge in [0.1, 0.15) is 5.82 Å². The molecule has 0 saturated heterocycles. The number of nitrogens with one attached hydrogen (secondary N) is 1. The van der Waals surface area contributed by atoms with Crippen LogP contribution in [0, 0.1) is 5.82 Å². The van der Waals surface area contributed by atoms with Gasteiger partial charge >= 0.3 is 6.18 Å². The van der Waals surface area contributed by atoms with Crippen LogP contribution < -0.4 is 4.90 Å². The molecule has 1 aliphatic rings. The maximum atomic E-state index is 14.1. The van der Waals surface area contributed by atoms with Gasteiger partial charge in [-0.3, -0.25) is 0 Å². The summed E-state index contributed by atoms with van der Waals surface area (Å²) in [5.41, 5.74) is 2.09. The number of hydrogen-bond donors (Lipinski definition) is 1. The van der Waals surface area contributed by atoms with E-state index in [2.05, 4.69) is 15.0 Å². The van der Waals surface area contributed by atoms with Crippen LogP contribution in [0.2, 0.25) is 10.0 Å². The highest BCUT2D eigenvalue weighted by Crippen LogP contribution is 2.41. The summed E-state index contributed by atoms with van der Waals surface area (Å²) in [6, 6.07) is 7.34. The molecule has 4 aromatic rings. The Labute approximate surface area is 189 Å². The highest BCUT2D eigenvalue weighted by atomic mass is 35.5. The fourth-order valence-corrected chi connectivity index (χ4v) is 4.42. The van der Waals surface area contributed by atoms with Crippen molar-refractivity contribution >= 4 is 40.1 Å². The minimum atomic E-state index is -4.44. The number of hydrogen-bond acceptors (Lipinski definition) is 3. The Morgan fingerprint density at radius 1 is 1.03 bits per heavy atom. The SMILES string of the molecule is Fc1cc2[nH]c3c(c2cc1Cl)CCN(c1ncc(Cl)cn1)C3c1ccc(C(F)(F)F)cc1. The fourth-order valence-electron chi connectivity index (χ4n) is 4.16. The molecule has 1 atom stereocenters. The third kappa shape index (κ3) is 3.57. The zero-order chi connectivity index (χ0) is 22.6. The fraction of sp³-hybridized carbons (Fsp3) is 0.182. The Morgan fingerprint density at radius 3 is 2.38 bits per heavy atom. The van der Waals surface area contributed by atoms with E-state index in [-0.39, 0.29) is 5.02 Å². The summed E-state index contributed by atoms with van der Waals surface area (Å²) < 4.78 is 53.4. The van der Waals surface area contributed by atoms with Gasteiger partial charge in [0.15, 0.2) is 0 Å². The van der Waals surface area contributed by atoms with Gasteiger partial charge in [-0.15, -0.1) is 0 Å². The maximum absolute atomic E-state index is 14.1. The Balaban J connectivity index is 1.68. The van der Waals surface area contributed by atoms with Gasteiger partial charge in [0.2, 0.25) is 5.95 Å². The predicted octanol–water partition coefficient (Wildman–Crippen LogP) is 6.57. The molecule has 0 radical (unpaired) electrons. The number of aromatic nitrogens is 3. The molecule has 164 valence electrons. The van der Waals surface area contributed by atoms with Gasteiger partial charge in [0.05, 0.1) is 34.0 Å². The Kier molecular flexibility index (Phi) is 5.02. The smallest absolute Gasteiger partial charge is 0.356 e. The van der Waals surface area contributed by atoms with Crippen molar-refractivity contribution in [3.8, 4) is 0 Å². The average molecular weight is 481 g/mol. The number of halogens is 6. The molecule has 1 unspecified atom stereocenters. The van der Waals surface area contributed by atoms with Gasteiger partial charge in [-0.2, -0.15) is 13.2 Å². The number of anilines is 1. The summed E-state index contributed by atoms with van der Waals surface area (Å²) >= 11 is 11.9. The van der Waals surface area contributed by atoms with Crippen molar-refractivity contribution in [1.29, 1.82) is 0 Å². The minimum Gasteiger partial charge on any atom is -0.356 e. The standard InChI is InChI=1S/C22H14Cl2F4N4/c23-13-9-29-21(30-10-13)32-6-5-14-15-7-16(24)17(25)8-18(15)31-19(14)20(32)11-1-3-12(4-2-11)22(26,27)28/h1-4,7-10,20,31H,5-6H2. The highest BCUT2D eigenvalue weighted by molar-refractivity contribution is 6.31. The third-order valence-electron chi connectivity index (χ3n) is 5.59. The Morgan fingerprint density at radius 2 is 1.72 bits per heavy atom. The molecule has 0 amide bonds. The zero-order valence-corrected chi connectivity index (χ0v) is 17.7. The van der Waals surface area contributed by atoms with E-state index in [1.54, 1.807) is 6.07 Å². The van der Waals surface area contributed by atoms with E-state index in [0.29, 0.717) is 35.0 Å². The Bertz CT molecular complexity index is 1300. The number of rotatable bonds is 2. The van der Waals surface area contributed by atoms with Gasteiger partial charge in [-0.25, -0.2) is 14.4 Å². The lowest BCUT2D eigenvalue weighted by molar-refractivity contribution is -0.137. The van der Waals surface area contributed by atoms with Gasteiger partial charge in [0, 0.05) is 23.1 Å². The molecule has 0 spiro atoms. The monoisotopic (exact) mass is 480 g/mol. The van der Waals surface area contributed by atoms with Gasteiger partial charge in [-0.05, 0) is 41.8 Å². The first-order chi connectivity index (χ1) is 15.2. The molecule has 1 aliphatic heterocycles. The molecule has 4 nitrogen and oxygen atoms in total. The zero-order valence-electron chi connectivity index (χ0n) is 16.2. The van der Waals surface area contributed by atoms with Crippen LogP contribution in [-0.4, -0.2) is 21.5 Å². The molecule has 3 heterocycles. The maximum Gasteiger partial charge on any atom is 0.416 e. The lowest BCUT2D eigenvalue weighted by Gasteiger charge is -2.36. The largest absolute Gasteiger partial charge is 0.416 e. The van der Waals surface area contributed by atoms with E-state index in [4.69, 9.17) is 23.2 Å². The second kappa shape index (κ2) is 7.64. The molecule has 0 saturated carbocycles. The first-order valence-corrected chi connectivity index (χ1v) is 10.4. The van der Waals surface area contributed by atoms with Crippen molar-refractivity contribution in [1.82, 2.24) is 15.0 Å². The van der Waals surface area contributed by atoms with E-state index in [1.165, 1.54) is 30.6 Å². The summed E-state index contributed by atoms with van der Waals surface area (Å²) in [6.45, 7) is 0.488. The average Bonchev–Trinajstić information content (AvgIpc) is 3.11. The molecule has 0 bridgehead atoms. The van der Waals surface area contributed by atoms with Crippen molar-refractivity contribution in [2.45, 2.75) is 18.6 Å². The van der Waals surface area contributed by atoms with Crippen molar-refractivity contribution < 1.29 is 17.6 Å². The summed E-state index contributed by atoms with van der Waals surface area (Å²) in [6.07, 6.45) is -0.932. The van der Waals surface area contributed by atoms with Crippen LogP contribution in [-0.2, 0) is 12.6 Å². The lowest BCUT2D eigenvalue weighted by atomic mass is 9.92.